The number of anilines is 1. The quantitative estimate of drug-likeness (QED) is 0.750. The van der Waals surface area contributed by atoms with Gasteiger partial charge in [0.1, 0.15) is 5.82 Å². The van der Waals surface area contributed by atoms with Crippen LogP contribution < -0.4 is 4.90 Å². The molecule has 2 heterocycles. The van der Waals surface area contributed by atoms with Gasteiger partial charge >= 0.3 is 5.97 Å². The van der Waals surface area contributed by atoms with E-state index in [9.17, 15) is 4.79 Å². The van der Waals surface area contributed by atoms with Crippen LogP contribution in [0.15, 0.2) is 12.4 Å². The van der Waals surface area contributed by atoms with Gasteiger partial charge in [0, 0.05) is 25.6 Å². The van der Waals surface area contributed by atoms with Gasteiger partial charge in [-0.25, -0.2) is 14.8 Å². The van der Waals surface area contributed by atoms with Crippen molar-refractivity contribution >= 4 is 11.8 Å². The molecule has 1 aliphatic heterocycles. The van der Waals surface area contributed by atoms with Crippen molar-refractivity contribution in [3.05, 3.63) is 18.1 Å². The molecule has 6 nitrogen and oxygen atoms in total. The fourth-order valence-corrected chi connectivity index (χ4v) is 1.88. The summed E-state index contributed by atoms with van der Waals surface area (Å²) in [5, 5.41) is 9.06. The van der Waals surface area contributed by atoms with Crippen LogP contribution in [-0.2, 0) is 4.74 Å². The number of hydrogen-bond donors (Lipinski definition) is 1. The summed E-state index contributed by atoms with van der Waals surface area (Å²) < 4.78 is 4.55. The molecular weight excluding hydrogens is 222 g/mol. The lowest BCUT2D eigenvalue weighted by Crippen LogP contribution is -2.22. The van der Waals surface area contributed by atoms with E-state index in [1.165, 1.54) is 13.3 Å². The number of methoxy groups -OCH3 is 1. The van der Waals surface area contributed by atoms with Gasteiger partial charge in [-0.2, -0.15) is 0 Å². The zero-order valence-corrected chi connectivity index (χ0v) is 9.67. The Morgan fingerprint density at radius 2 is 2.41 bits per heavy atom. The van der Waals surface area contributed by atoms with Gasteiger partial charge in [-0.05, 0) is 6.42 Å². The highest BCUT2D eigenvalue weighted by Crippen LogP contribution is 2.20. The maximum Gasteiger partial charge on any atom is 0.358 e. The number of aliphatic hydroxyl groups is 1. The zero-order chi connectivity index (χ0) is 12.3. The monoisotopic (exact) mass is 237 g/mol. The Labute approximate surface area is 99.2 Å². The van der Waals surface area contributed by atoms with Gasteiger partial charge in [-0.15, -0.1) is 0 Å². The van der Waals surface area contributed by atoms with E-state index in [1.807, 2.05) is 0 Å². The summed E-state index contributed by atoms with van der Waals surface area (Å²) in [6, 6.07) is 0. The van der Waals surface area contributed by atoms with Gasteiger partial charge in [0.2, 0.25) is 0 Å². The van der Waals surface area contributed by atoms with E-state index in [-0.39, 0.29) is 12.3 Å². The van der Waals surface area contributed by atoms with Crippen LogP contribution in [0.5, 0.6) is 0 Å². The van der Waals surface area contributed by atoms with Crippen LogP contribution in [0.25, 0.3) is 0 Å². The van der Waals surface area contributed by atoms with Crippen LogP contribution in [0.2, 0.25) is 0 Å². The Balaban J connectivity index is 2.06. The molecule has 1 aromatic rings. The van der Waals surface area contributed by atoms with E-state index < -0.39 is 5.97 Å². The van der Waals surface area contributed by atoms with Crippen molar-refractivity contribution in [2.45, 2.75) is 6.42 Å². The summed E-state index contributed by atoms with van der Waals surface area (Å²) in [6.07, 6.45) is 3.93. The number of hydrogen-bond acceptors (Lipinski definition) is 6. The van der Waals surface area contributed by atoms with Crippen molar-refractivity contribution in [2.24, 2.45) is 5.92 Å². The Kier molecular flexibility index (Phi) is 3.53. The van der Waals surface area contributed by atoms with Crippen molar-refractivity contribution in [2.75, 3.05) is 31.7 Å². The second-order valence-electron chi connectivity index (χ2n) is 4.03. The van der Waals surface area contributed by atoms with Gasteiger partial charge in [-0.1, -0.05) is 0 Å². The van der Waals surface area contributed by atoms with Gasteiger partial charge in [0.25, 0.3) is 0 Å². The first-order chi connectivity index (χ1) is 8.24. The molecule has 1 saturated heterocycles. The second kappa shape index (κ2) is 5.09. The Hall–Kier alpha value is -1.69. The van der Waals surface area contributed by atoms with E-state index in [1.54, 1.807) is 6.20 Å². The lowest BCUT2D eigenvalue weighted by molar-refractivity contribution is 0.0593. The van der Waals surface area contributed by atoms with Crippen LogP contribution in [0.4, 0.5) is 5.82 Å². The van der Waals surface area contributed by atoms with E-state index in [4.69, 9.17) is 5.11 Å². The molecule has 0 saturated carbocycles. The molecule has 1 atom stereocenters. The third kappa shape index (κ3) is 2.52. The molecule has 0 aromatic carbocycles. The lowest BCUT2D eigenvalue weighted by atomic mass is 10.1. The molecule has 0 radical (unpaired) electrons. The summed E-state index contributed by atoms with van der Waals surface area (Å²) in [7, 11) is 1.31. The standard InChI is InChI=1S/C11H15N3O3/c1-17-11(16)9-4-13-10(5-12-9)14-3-2-8(6-14)7-15/h4-5,8,15H,2-3,6-7H2,1H3. The number of rotatable bonds is 3. The molecule has 0 bridgehead atoms. The van der Waals surface area contributed by atoms with Gasteiger partial charge in [-0.3, -0.25) is 0 Å². The highest BCUT2D eigenvalue weighted by molar-refractivity contribution is 5.86. The molecule has 1 unspecified atom stereocenters. The largest absolute Gasteiger partial charge is 0.464 e. The highest BCUT2D eigenvalue weighted by atomic mass is 16.5. The fraction of sp³-hybridized carbons (Fsp3) is 0.545. The Morgan fingerprint density at radius 1 is 1.59 bits per heavy atom. The summed E-state index contributed by atoms with van der Waals surface area (Å²) in [4.78, 5) is 21.4. The number of esters is 1. The molecular formula is C11H15N3O3. The lowest BCUT2D eigenvalue weighted by Gasteiger charge is -2.16. The molecule has 0 aliphatic carbocycles. The van der Waals surface area contributed by atoms with Gasteiger partial charge < -0.3 is 14.7 Å². The normalized spacial score (nSPS) is 19.4. The molecule has 0 spiro atoms. The minimum absolute atomic E-state index is 0.199. The summed E-state index contributed by atoms with van der Waals surface area (Å²) >= 11 is 0. The van der Waals surface area contributed by atoms with Crippen molar-refractivity contribution < 1.29 is 14.6 Å². The number of carbonyl (C=O) groups excluding carboxylic acids is 1. The number of aliphatic hydroxyl groups excluding tert-OH is 1. The average molecular weight is 237 g/mol. The minimum Gasteiger partial charge on any atom is -0.464 e. The molecule has 1 fully saturated rings. The molecule has 1 aliphatic rings. The Morgan fingerprint density at radius 3 is 2.94 bits per heavy atom. The number of aromatic nitrogens is 2. The van der Waals surface area contributed by atoms with Crippen molar-refractivity contribution in [3.63, 3.8) is 0 Å². The highest BCUT2D eigenvalue weighted by Gasteiger charge is 2.23. The predicted octanol–water partition coefficient (Wildman–Crippen LogP) is 0.0818. The molecule has 1 aromatic heterocycles. The van der Waals surface area contributed by atoms with Crippen LogP contribution in [-0.4, -0.2) is 47.8 Å². The summed E-state index contributed by atoms with van der Waals surface area (Å²) in [6.45, 7) is 1.84. The van der Waals surface area contributed by atoms with E-state index in [0.29, 0.717) is 5.92 Å². The van der Waals surface area contributed by atoms with Crippen molar-refractivity contribution in [1.82, 2.24) is 9.97 Å². The van der Waals surface area contributed by atoms with E-state index in [0.717, 1.165) is 25.3 Å². The topological polar surface area (TPSA) is 75.5 Å². The maximum absolute atomic E-state index is 11.2. The van der Waals surface area contributed by atoms with Crippen molar-refractivity contribution in [1.29, 1.82) is 0 Å². The SMILES string of the molecule is COC(=O)c1cnc(N2CCC(CO)C2)cn1. The molecule has 17 heavy (non-hydrogen) atoms. The zero-order valence-electron chi connectivity index (χ0n) is 9.67. The molecule has 6 heteroatoms. The molecule has 2 rings (SSSR count). The maximum atomic E-state index is 11.2. The predicted molar refractivity (Wildman–Crippen MR) is 60.8 cm³/mol. The van der Waals surface area contributed by atoms with Gasteiger partial charge in [0.05, 0.1) is 19.5 Å². The number of ether oxygens (including phenoxy) is 1. The van der Waals surface area contributed by atoms with Crippen LogP contribution in [0.1, 0.15) is 16.9 Å². The van der Waals surface area contributed by atoms with Crippen LogP contribution in [0.3, 0.4) is 0 Å². The van der Waals surface area contributed by atoms with E-state index >= 15 is 0 Å². The van der Waals surface area contributed by atoms with Gasteiger partial charge in [0.15, 0.2) is 5.69 Å². The summed E-state index contributed by atoms with van der Waals surface area (Å²) in [5.74, 6) is 0.546. The molecule has 92 valence electrons. The third-order valence-corrected chi connectivity index (χ3v) is 2.90. The number of carbonyl (C=O) groups is 1. The summed E-state index contributed by atoms with van der Waals surface area (Å²) in [5.41, 5.74) is 0.203. The van der Waals surface area contributed by atoms with Crippen molar-refractivity contribution in [3.8, 4) is 0 Å². The van der Waals surface area contributed by atoms with E-state index in [2.05, 4.69) is 19.6 Å². The molecule has 1 N–H and O–H groups in total. The number of nitrogens with zero attached hydrogens (tertiary/aromatic N) is 3. The first-order valence-corrected chi connectivity index (χ1v) is 5.50. The molecule has 0 amide bonds. The Bertz CT molecular complexity index is 393. The second-order valence-corrected chi connectivity index (χ2v) is 4.03. The van der Waals surface area contributed by atoms with Crippen LogP contribution in [0, 0.1) is 5.92 Å². The third-order valence-electron chi connectivity index (χ3n) is 2.90. The van der Waals surface area contributed by atoms with Crippen LogP contribution >= 0.6 is 0 Å². The fourth-order valence-electron chi connectivity index (χ4n) is 1.88. The first kappa shape index (κ1) is 11.8. The minimum atomic E-state index is -0.487. The average Bonchev–Trinajstić information content (AvgIpc) is 2.87. The smallest absolute Gasteiger partial charge is 0.358 e. The first-order valence-electron chi connectivity index (χ1n) is 5.50.